The van der Waals surface area contributed by atoms with Gasteiger partial charge < -0.3 is 4.90 Å². The Kier molecular flexibility index (Phi) is 2.87. The van der Waals surface area contributed by atoms with Gasteiger partial charge in [0.1, 0.15) is 0 Å². The van der Waals surface area contributed by atoms with Crippen molar-refractivity contribution in [2.24, 2.45) is 0 Å². The van der Waals surface area contributed by atoms with Crippen LogP contribution in [0.5, 0.6) is 0 Å². The summed E-state index contributed by atoms with van der Waals surface area (Å²) in [4.78, 5) is 11.0. The molecular formula is C10H14ClN3. The molecular weight excluding hydrogens is 198 g/mol. The van der Waals surface area contributed by atoms with E-state index >= 15 is 0 Å². The maximum absolute atomic E-state index is 5.75. The molecule has 0 saturated carbocycles. The first-order chi connectivity index (χ1) is 6.81. The lowest BCUT2D eigenvalue weighted by Crippen LogP contribution is -2.20. The summed E-state index contributed by atoms with van der Waals surface area (Å²) in [6, 6.07) is 0. The van der Waals surface area contributed by atoms with Crippen molar-refractivity contribution in [3.05, 3.63) is 17.5 Å². The van der Waals surface area contributed by atoms with Crippen LogP contribution in [0.25, 0.3) is 0 Å². The average molecular weight is 212 g/mol. The number of alkyl halides is 1. The molecule has 1 aromatic rings. The highest BCUT2D eigenvalue weighted by Crippen LogP contribution is 2.17. The lowest BCUT2D eigenvalue weighted by molar-refractivity contribution is 0.881. The van der Waals surface area contributed by atoms with Crippen molar-refractivity contribution in [3.63, 3.8) is 0 Å². The fourth-order valence-corrected chi connectivity index (χ4v) is 1.94. The molecule has 14 heavy (non-hydrogen) atoms. The summed E-state index contributed by atoms with van der Waals surface area (Å²) in [5.41, 5.74) is 2.02. The zero-order valence-corrected chi connectivity index (χ0v) is 9.09. The van der Waals surface area contributed by atoms with Crippen molar-refractivity contribution in [2.45, 2.75) is 25.6 Å². The van der Waals surface area contributed by atoms with Crippen LogP contribution in [-0.4, -0.2) is 23.1 Å². The van der Waals surface area contributed by atoms with Gasteiger partial charge in [0.25, 0.3) is 0 Å². The Bertz CT molecular complexity index is 321. The van der Waals surface area contributed by atoms with Crippen LogP contribution < -0.4 is 4.90 Å². The molecule has 0 bridgehead atoms. The summed E-state index contributed by atoms with van der Waals surface area (Å²) in [7, 11) is 0. The molecule has 76 valence electrons. The standard InChI is InChI=1S/C10H14ClN3/c1-8-9(6-11)7-12-10(13-8)14-4-2-3-5-14/h7H,2-6H2,1H3. The van der Waals surface area contributed by atoms with Gasteiger partial charge in [-0.2, -0.15) is 0 Å². The maximum atomic E-state index is 5.75. The van der Waals surface area contributed by atoms with Gasteiger partial charge in [-0.1, -0.05) is 0 Å². The van der Waals surface area contributed by atoms with E-state index in [-0.39, 0.29) is 0 Å². The number of anilines is 1. The lowest BCUT2D eigenvalue weighted by Gasteiger charge is -2.15. The maximum Gasteiger partial charge on any atom is 0.225 e. The van der Waals surface area contributed by atoms with Crippen molar-refractivity contribution >= 4 is 17.5 Å². The van der Waals surface area contributed by atoms with Gasteiger partial charge in [-0.05, 0) is 19.8 Å². The highest BCUT2D eigenvalue weighted by Gasteiger charge is 2.15. The molecule has 1 aliphatic rings. The predicted molar refractivity (Wildman–Crippen MR) is 57.8 cm³/mol. The first-order valence-corrected chi connectivity index (χ1v) is 5.48. The summed E-state index contributed by atoms with van der Waals surface area (Å²) in [6.07, 6.45) is 4.34. The van der Waals surface area contributed by atoms with Gasteiger partial charge in [-0.3, -0.25) is 0 Å². The van der Waals surface area contributed by atoms with Crippen LogP contribution >= 0.6 is 11.6 Å². The summed E-state index contributed by atoms with van der Waals surface area (Å²) >= 11 is 5.75. The second-order valence-corrected chi connectivity index (χ2v) is 3.88. The molecule has 0 unspecified atom stereocenters. The van der Waals surface area contributed by atoms with E-state index in [1.807, 2.05) is 13.1 Å². The van der Waals surface area contributed by atoms with Crippen molar-refractivity contribution in [1.29, 1.82) is 0 Å². The van der Waals surface area contributed by atoms with E-state index in [0.717, 1.165) is 30.3 Å². The van der Waals surface area contributed by atoms with E-state index in [0.29, 0.717) is 5.88 Å². The number of hydrogen-bond acceptors (Lipinski definition) is 3. The van der Waals surface area contributed by atoms with Crippen molar-refractivity contribution in [3.8, 4) is 0 Å². The van der Waals surface area contributed by atoms with Crippen molar-refractivity contribution in [1.82, 2.24) is 9.97 Å². The second kappa shape index (κ2) is 4.13. The first-order valence-electron chi connectivity index (χ1n) is 4.94. The molecule has 1 fully saturated rings. The van der Waals surface area contributed by atoms with Gasteiger partial charge in [0.2, 0.25) is 5.95 Å². The summed E-state index contributed by atoms with van der Waals surface area (Å²) in [6.45, 7) is 4.15. The van der Waals surface area contributed by atoms with E-state index in [9.17, 15) is 0 Å². The van der Waals surface area contributed by atoms with Crippen LogP contribution in [0.1, 0.15) is 24.1 Å². The molecule has 0 radical (unpaired) electrons. The van der Waals surface area contributed by atoms with Gasteiger partial charge in [-0.25, -0.2) is 9.97 Å². The summed E-state index contributed by atoms with van der Waals surface area (Å²) in [5.74, 6) is 1.35. The monoisotopic (exact) mass is 211 g/mol. The summed E-state index contributed by atoms with van der Waals surface area (Å²) in [5, 5.41) is 0. The van der Waals surface area contributed by atoms with Gasteiger partial charge in [0.15, 0.2) is 0 Å². The highest BCUT2D eigenvalue weighted by atomic mass is 35.5. The van der Waals surface area contributed by atoms with Crippen LogP contribution in [0, 0.1) is 6.92 Å². The Morgan fingerprint density at radius 2 is 2.14 bits per heavy atom. The van der Waals surface area contributed by atoms with E-state index in [1.54, 1.807) is 0 Å². The fraction of sp³-hybridized carbons (Fsp3) is 0.600. The van der Waals surface area contributed by atoms with E-state index in [1.165, 1.54) is 12.8 Å². The zero-order chi connectivity index (χ0) is 9.97. The number of aromatic nitrogens is 2. The molecule has 0 aromatic carbocycles. The summed E-state index contributed by atoms with van der Waals surface area (Å²) < 4.78 is 0. The Labute approximate surface area is 89.1 Å². The third kappa shape index (κ3) is 1.82. The Morgan fingerprint density at radius 1 is 1.43 bits per heavy atom. The molecule has 0 N–H and O–H groups in total. The molecule has 3 nitrogen and oxygen atoms in total. The Hall–Kier alpha value is -0.830. The van der Waals surface area contributed by atoms with Crippen LogP contribution in [-0.2, 0) is 5.88 Å². The minimum atomic E-state index is 0.492. The molecule has 1 aliphatic heterocycles. The van der Waals surface area contributed by atoms with Crippen LogP contribution in [0.4, 0.5) is 5.95 Å². The van der Waals surface area contributed by atoms with Crippen LogP contribution in [0.15, 0.2) is 6.20 Å². The number of halogens is 1. The fourth-order valence-electron chi connectivity index (χ4n) is 1.68. The smallest absolute Gasteiger partial charge is 0.225 e. The highest BCUT2D eigenvalue weighted by molar-refractivity contribution is 6.17. The molecule has 0 atom stereocenters. The second-order valence-electron chi connectivity index (χ2n) is 3.61. The largest absolute Gasteiger partial charge is 0.341 e. The minimum Gasteiger partial charge on any atom is -0.341 e. The van der Waals surface area contributed by atoms with Gasteiger partial charge >= 0.3 is 0 Å². The predicted octanol–water partition coefficient (Wildman–Crippen LogP) is 2.12. The van der Waals surface area contributed by atoms with Gasteiger partial charge in [0.05, 0.1) is 5.88 Å². The number of aryl methyl sites for hydroxylation is 1. The van der Waals surface area contributed by atoms with E-state index < -0.39 is 0 Å². The van der Waals surface area contributed by atoms with Crippen LogP contribution in [0.2, 0.25) is 0 Å². The molecule has 4 heteroatoms. The van der Waals surface area contributed by atoms with Crippen molar-refractivity contribution < 1.29 is 0 Å². The van der Waals surface area contributed by atoms with Crippen LogP contribution in [0.3, 0.4) is 0 Å². The molecule has 1 aromatic heterocycles. The third-order valence-electron chi connectivity index (χ3n) is 2.60. The van der Waals surface area contributed by atoms with E-state index in [4.69, 9.17) is 11.6 Å². The third-order valence-corrected chi connectivity index (χ3v) is 2.89. The molecule has 2 heterocycles. The van der Waals surface area contributed by atoms with Crippen molar-refractivity contribution in [2.75, 3.05) is 18.0 Å². The number of hydrogen-bond donors (Lipinski definition) is 0. The SMILES string of the molecule is Cc1nc(N2CCCC2)ncc1CCl. The molecule has 0 aliphatic carbocycles. The van der Waals surface area contributed by atoms with E-state index in [2.05, 4.69) is 14.9 Å². The zero-order valence-electron chi connectivity index (χ0n) is 8.33. The van der Waals surface area contributed by atoms with Gasteiger partial charge in [0, 0.05) is 30.5 Å². The Balaban J connectivity index is 2.23. The average Bonchev–Trinajstić information content (AvgIpc) is 2.70. The minimum absolute atomic E-state index is 0.492. The number of rotatable bonds is 2. The molecule has 1 saturated heterocycles. The quantitative estimate of drug-likeness (QED) is 0.702. The molecule has 0 amide bonds. The molecule has 0 spiro atoms. The number of nitrogens with zero attached hydrogens (tertiary/aromatic N) is 3. The first kappa shape index (κ1) is 9.71. The Morgan fingerprint density at radius 3 is 2.71 bits per heavy atom. The topological polar surface area (TPSA) is 29.0 Å². The normalized spacial score (nSPS) is 16.3. The lowest BCUT2D eigenvalue weighted by atomic mass is 10.3. The van der Waals surface area contributed by atoms with Gasteiger partial charge in [-0.15, -0.1) is 11.6 Å². The molecule has 2 rings (SSSR count).